The van der Waals surface area contributed by atoms with Crippen molar-refractivity contribution in [2.75, 3.05) is 4.90 Å². The highest BCUT2D eigenvalue weighted by atomic mass is 15.2. The Balaban J connectivity index is 1.11. The Morgan fingerprint density at radius 3 is 2.41 bits per heavy atom. The van der Waals surface area contributed by atoms with Gasteiger partial charge in [0.05, 0.1) is 17.2 Å². The number of hydrogen-bond acceptors (Lipinski definition) is 1. The lowest BCUT2D eigenvalue weighted by atomic mass is 9.51. The largest absolute Gasteiger partial charge is 0.327 e. The van der Waals surface area contributed by atoms with Gasteiger partial charge < -0.3 is 4.90 Å². The number of benzene rings is 5. The normalized spacial score (nSPS) is 24.2. The van der Waals surface area contributed by atoms with Gasteiger partial charge in [-0.1, -0.05) is 170 Å². The summed E-state index contributed by atoms with van der Waals surface area (Å²) < 4.78 is 0. The number of nitrogens with zero attached hydrogens (tertiary/aromatic N) is 1. The summed E-state index contributed by atoms with van der Waals surface area (Å²) in [5.41, 5.74) is 21.1. The lowest BCUT2D eigenvalue weighted by molar-refractivity contribution is 0.525. The predicted molar refractivity (Wildman–Crippen MR) is 235 cm³/mol. The van der Waals surface area contributed by atoms with E-state index in [0.29, 0.717) is 11.8 Å². The van der Waals surface area contributed by atoms with Crippen molar-refractivity contribution in [2.45, 2.75) is 56.4 Å². The molecule has 56 heavy (non-hydrogen) atoms. The van der Waals surface area contributed by atoms with E-state index in [9.17, 15) is 0 Å². The molecule has 0 fully saturated rings. The highest BCUT2D eigenvalue weighted by molar-refractivity contribution is 5.97. The van der Waals surface area contributed by atoms with E-state index in [1.807, 2.05) is 0 Å². The average Bonchev–Trinajstić information content (AvgIpc) is 3.69. The fraction of sp³-hybridized carbons (Fsp3) is 0.182. The van der Waals surface area contributed by atoms with Crippen LogP contribution < -0.4 is 4.90 Å². The van der Waals surface area contributed by atoms with Gasteiger partial charge in [0.25, 0.3) is 0 Å². The maximum atomic E-state index is 3.77. The van der Waals surface area contributed by atoms with Crippen molar-refractivity contribution in [2.24, 2.45) is 5.92 Å². The van der Waals surface area contributed by atoms with Gasteiger partial charge in [-0.05, 0) is 123 Å². The van der Waals surface area contributed by atoms with Gasteiger partial charge in [-0.3, -0.25) is 0 Å². The Bertz CT molecular complexity index is 2730. The first-order valence-corrected chi connectivity index (χ1v) is 20.6. The maximum absolute atomic E-state index is 3.77. The molecule has 4 unspecified atom stereocenters. The van der Waals surface area contributed by atoms with Crippen molar-refractivity contribution in [3.05, 3.63) is 226 Å². The summed E-state index contributed by atoms with van der Waals surface area (Å²) in [6.07, 6.45) is 29.8. The van der Waals surface area contributed by atoms with Crippen LogP contribution in [0.2, 0.25) is 0 Å². The van der Waals surface area contributed by atoms with Crippen LogP contribution in [-0.2, 0) is 5.41 Å². The molecule has 6 aliphatic rings. The third-order valence-electron chi connectivity index (χ3n) is 13.3. The highest BCUT2D eigenvalue weighted by Gasteiger charge is 2.51. The molecule has 1 nitrogen and oxygen atoms in total. The van der Waals surface area contributed by atoms with Crippen molar-refractivity contribution in [1.82, 2.24) is 0 Å². The van der Waals surface area contributed by atoms with Gasteiger partial charge in [0.2, 0.25) is 0 Å². The molecule has 4 atom stereocenters. The van der Waals surface area contributed by atoms with E-state index < -0.39 is 0 Å². The summed E-state index contributed by atoms with van der Waals surface area (Å²) in [4.78, 5) is 2.57. The molecular formula is C55H45N. The first kappa shape index (κ1) is 33.2. The van der Waals surface area contributed by atoms with Crippen LogP contribution in [0.4, 0.5) is 5.69 Å². The van der Waals surface area contributed by atoms with Crippen LogP contribution in [0.1, 0.15) is 67.2 Å². The molecule has 5 aromatic carbocycles. The first-order chi connectivity index (χ1) is 27.7. The fourth-order valence-corrected chi connectivity index (χ4v) is 10.9. The number of allylic oxidation sites excluding steroid dienone is 12. The standard InChI is InChI=1S/C55H45N/c1-37-28-29-41-17-12-27-51-54(41)53(37)49-24-9-10-26-50(49)55(51,42-18-3-2-4-19-42)43-20-13-21-45(36-43)56(52-35-32-39-15-6-8-23-48(39)52)44-33-30-40(31-34-44)47-25-11-16-38-14-5-7-22-46(38)47/h3,5-11,13-20,22-26,28-34,36-37,45,53H,2,4,12,21,27H2,1H3. The predicted octanol–water partition coefficient (Wildman–Crippen LogP) is 13.8. The Hall–Kier alpha value is -6.14. The van der Waals surface area contributed by atoms with Crippen LogP contribution in [0.25, 0.3) is 33.7 Å². The van der Waals surface area contributed by atoms with Crippen molar-refractivity contribution in [1.29, 1.82) is 0 Å². The zero-order valence-electron chi connectivity index (χ0n) is 32.0. The van der Waals surface area contributed by atoms with Gasteiger partial charge in [-0.25, -0.2) is 0 Å². The molecular weight excluding hydrogens is 675 g/mol. The minimum absolute atomic E-state index is 0.0878. The average molecular weight is 720 g/mol. The van der Waals surface area contributed by atoms with E-state index in [0.717, 1.165) is 37.8 Å². The van der Waals surface area contributed by atoms with Crippen molar-refractivity contribution in [3.8, 4) is 11.1 Å². The van der Waals surface area contributed by atoms with Crippen LogP contribution in [0.5, 0.6) is 0 Å². The number of anilines is 1. The third kappa shape index (κ3) is 5.01. The molecule has 6 aliphatic carbocycles. The topological polar surface area (TPSA) is 3.24 Å². The first-order valence-electron chi connectivity index (χ1n) is 20.6. The number of rotatable bonds is 6. The quantitative estimate of drug-likeness (QED) is 0.158. The lowest BCUT2D eigenvalue weighted by Crippen LogP contribution is -2.43. The molecule has 0 saturated heterocycles. The molecule has 1 heteroatoms. The smallest absolute Gasteiger partial charge is 0.0930 e. The van der Waals surface area contributed by atoms with E-state index in [4.69, 9.17) is 0 Å². The van der Waals surface area contributed by atoms with E-state index >= 15 is 0 Å². The summed E-state index contributed by atoms with van der Waals surface area (Å²) in [6, 6.07) is 42.9. The molecule has 0 aromatic heterocycles. The third-order valence-corrected chi connectivity index (χ3v) is 13.3. The molecule has 0 radical (unpaired) electrons. The van der Waals surface area contributed by atoms with E-state index in [1.54, 1.807) is 11.1 Å². The van der Waals surface area contributed by atoms with Crippen LogP contribution >= 0.6 is 0 Å². The van der Waals surface area contributed by atoms with Gasteiger partial charge in [0, 0.05) is 17.2 Å². The minimum atomic E-state index is -0.360. The summed E-state index contributed by atoms with van der Waals surface area (Å²) in [5, 5.41) is 2.55. The summed E-state index contributed by atoms with van der Waals surface area (Å²) in [6.45, 7) is 2.42. The maximum Gasteiger partial charge on any atom is 0.0930 e. The van der Waals surface area contributed by atoms with Crippen LogP contribution in [-0.4, -0.2) is 6.04 Å². The zero-order valence-corrected chi connectivity index (χ0v) is 32.0. The minimum Gasteiger partial charge on any atom is -0.327 e. The molecule has 0 bridgehead atoms. The van der Waals surface area contributed by atoms with E-state index in [1.165, 1.54) is 66.6 Å². The summed E-state index contributed by atoms with van der Waals surface area (Å²) >= 11 is 0. The van der Waals surface area contributed by atoms with E-state index in [-0.39, 0.29) is 11.5 Å². The molecule has 270 valence electrons. The van der Waals surface area contributed by atoms with Crippen LogP contribution in [0.15, 0.2) is 204 Å². The monoisotopic (exact) mass is 719 g/mol. The molecule has 0 heterocycles. The SMILES string of the molecule is CC1C=CC2=CCCC3=C2C1c1ccccc1C3(C1=CCCC=C1)C1=CC(N(C2=C=Cc3ccccc32)c2ccc(-c3cccc4ccccc34)cc2)CC=C1. The van der Waals surface area contributed by atoms with Crippen molar-refractivity contribution in [3.63, 3.8) is 0 Å². The Morgan fingerprint density at radius 2 is 1.50 bits per heavy atom. The summed E-state index contributed by atoms with van der Waals surface area (Å²) in [7, 11) is 0. The molecule has 5 aromatic rings. The molecule has 0 saturated carbocycles. The van der Waals surface area contributed by atoms with Gasteiger partial charge in [0.1, 0.15) is 0 Å². The Kier molecular flexibility index (Phi) is 7.87. The second-order valence-electron chi connectivity index (χ2n) is 16.3. The molecule has 11 rings (SSSR count). The van der Waals surface area contributed by atoms with E-state index in [2.05, 4.69) is 194 Å². The fourth-order valence-electron chi connectivity index (χ4n) is 10.9. The molecule has 0 aliphatic heterocycles. The van der Waals surface area contributed by atoms with Gasteiger partial charge in [-0.15, -0.1) is 0 Å². The molecule has 0 amide bonds. The van der Waals surface area contributed by atoms with Gasteiger partial charge in [0.15, 0.2) is 0 Å². The molecule has 0 spiro atoms. The Labute approximate surface area is 331 Å². The summed E-state index contributed by atoms with van der Waals surface area (Å²) in [5.74, 6) is 0.826. The van der Waals surface area contributed by atoms with Crippen molar-refractivity contribution < 1.29 is 0 Å². The van der Waals surface area contributed by atoms with Gasteiger partial charge in [-0.2, -0.15) is 0 Å². The second kappa shape index (κ2) is 13.3. The van der Waals surface area contributed by atoms with Crippen LogP contribution in [0, 0.1) is 5.92 Å². The zero-order chi connectivity index (χ0) is 37.2. The van der Waals surface area contributed by atoms with Crippen molar-refractivity contribution >= 4 is 28.2 Å². The van der Waals surface area contributed by atoms with Crippen LogP contribution in [0.3, 0.4) is 0 Å². The lowest BCUT2D eigenvalue weighted by Gasteiger charge is -2.51. The Morgan fingerprint density at radius 1 is 0.696 bits per heavy atom. The van der Waals surface area contributed by atoms with Gasteiger partial charge >= 0.3 is 0 Å². The second-order valence-corrected chi connectivity index (χ2v) is 16.3. The number of hydrogen-bond donors (Lipinski definition) is 0. The highest BCUT2D eigenvalue weighted by Crippen LogP contribution is 2.62. The number of fused-ring (bicyclic) bond motifs is 4. The molecule has 0 N–H and O–H groups in total.